The molecular formula is C18H13N3O2. The van der Waals surface area contributed by atoms with Gasteiger partial charge in [0.15, 0.2) is 5.78 Å². The van der Waals surface area contributed by atoms with Crippen molar-refractivity contribution in [1.82, 2.24) is 5.32 Å². The molecule has 112 valence electrons. The summed E-state index contributed by atoms with van der Waals surface area (Å²) in [5.41, 5.74) is 2.20. The van der Waals surface area contributed by atoms with E-state index in [2.05, 4.69) is 5.32 Å². The second kappa shape index (κ2) is 7.53. The maximum absolute atomic E-state index is 12.1. The van der Waals surface area contributed by atoms with Gasteiger partial charge in [0, 0.05) is 17.7 Å². The molecule has 0 aromatic heterocycles. The maximum Gasteiger partial charge on any atom is 0.251 e. The molecule has 2 rings (SSSR count). The lowest BCUT2D eigenvalue weighted by Gasteiger charge is -2.06. The lowest BCUT2D eigenvalue weighted by molar-refractivity contribution is 0.0948. The Morgan fingerprint density at radius 2 is 1.70 bits per heavy atom. The van der Waals surface area contributed by atoms with Crippen LogP contribution in [0.15, 0.2) is 48.5 Å². The fourth-order valence-electron chi connectivity index (χ4n) is 2.02. The molecule has 2 aromatic rings. The van der Waals surface area contributed by atoms with E-state index in [9.17, 15) is 9.59 Å². The number of nitrogens with one attached hydrogen (secondary N) is 1. The summed E-state index contributed by atoms with van der Waals surface area (Å²) in [5, 5.41) is 20.1. The van der Waals surface area contributed by atoms with Crippen molar-refractivity contribution in [1.29, 1.82) is 10.5 Å². The molecule has 1 amide bonds. The van der Waals surface area contributed by atoms with Crippen LogP contribution >= 0.6 is 0 Å². The zero-order valence-electron chi connectivity index (χ0n) is 12.2. The van der Waals surface area contributed by atoms with Crippen molar-refractivity contribution in [2.75, 3.05) is 0 Å². The smallest absolute Gasteiger partial charge is 0.251 e. The summed E-state index contributed by atoms with van der Waals surface area (Å²) >= 11 is 0. The molecule has 5 heteroatoms. The molecule has 0 saturated heterocycles. The van der Waals surface area contributed by atoms with Gasteiger partial charge in [-0.25, -0.2) is 0 Å². The Labute approximate surface area is 133 Å². The number of Topliss-reactive ketones (excluding diaryl/α,β-unsaturated/α-hetero) is 1. The van der Waals surface area contributed by atoms with Gasteiger partial charge in [0.25, 0.3) is 5.91 Å². The molecule has 0 saturated carbocycles. The Hall–Kier alpha value is -3.44. The zero-order valence-corrected chi connectivity index (χ0v) is 12.2. The van der Waals surface area contributed by atoms with Crippen LogP contribution in [-0.2, 0) is 6.54 Å². The Morgan fingerprint density at radius 1 is 1.00 bits per heavy atom. The van der Waals surface area contributed by atoms with E-state index < -0.39 is 0 Å². The van der Waals surface area contributed by atoms with Gasteiger partial charge in [-0.2, -0.15) is 10.5 Å². The van der Waals surface area contributed by atoms with E-state index >= 15 is 0 Å². The molecule has 0 atom stereocenters. The van der Waals surface area contributed by atoms with Crippen LogP contribution in [-0.4, -0.2) is 11.7 Å². The lowest BCUT2D eigenvalue weighted by Crippen LogP contribution is -2.22. The van der Waals surface area contributed by atoms with Crippen LogP contribution in [0.25, 0.3) is 0 Å². The number of nitriles is 2. The van der Waals surface area contributed by atoms with Crippen molar-refractivity contribution in [2.24, 2.45) is 0 Å². The van der Waals surface area contributed by atoms with Crippen LogP contribution in [0.4, 0.5) is 0 Å². The van der Waals surface area contributed by atoms with Gasteiger partial charge in [-0.3, -0.25) is 9.59 Å². The summed E-state index contributed by atoms with van der Waals surface area (Å²) < 4.78 is 0. The predicted octanol–water partition coefficient (Wildman–Crippen LogP) is 2.58. The van der Waals surface area contributed by atoms with Crippen molar-refractivity contribution in [3.05, 3.63) is 70.8 Å². The molecule has 0 aliphatic rings. The van der Waals surface area contributed by atoms with Crippen molar-refractivity contribution in [3.8, 4) is 12.1 Å². The first kappa shape index (κ1) is 15.9. The minimum atomic E-state index is -0.272. The van der Waals surface area contributed by atoms with E-state index in [-0.39, 0.29) is 18.1 Å². The van der Waals surface area contributed by atoms with E-state index in [1.807, 2.05) is 12.1 Å². The third kappa shape index (κ3) is 4.26. The molecule has 1 N–H and O–H groups in total. The van der Waals surface area contributed by atoms with Crippen LogP contribution < -0.4 is 5.32 Å². The van der Waals surface area contributed by atoms with Crippen molar-refractivity contribution in [3.63, 3.8) is 0 Å². The first-order chi connectivity index (χ1) is 11.1. The highest BCUT2D eigenvalue weighted by Crippen LogP contribution is 2.08. The lowest BCUT2D eigenvalue weighted by atomic mass is 10.1. The maximum atomic E-state index is 12.1. The summed E-state index contributed by atoms with van der Waals surface area (Å²) in [6.45, 7) is 0.309. The van der Waals surface area contributed by atoms with E-state index in [1.54, 1.807) is 36.4 Å². The van der Waals surface area contributed by atoms with Gasteiger partial charge in [0.2, 0.25) is 0 Å². The highest BCUT2D eigenvalue weighted by Gasteiger charge is 2.08. The minimum absolute atomic E-state index is 0.180. The standard InChI is InChI=1S/C18H13N3O2/c19-9-8-17(22)15-4-6-16(7-5-15)18(23)21-12-14-3-1-2-13(10-14)11-20/h1-7,10H,8,12H2,(H,21,23). The van der Waals surface area contributed by atoms with Crippen LogP contribution in [0.5, 0.6) is 0 Å². The predicted molar refractivity (Wildman–Crippen MR) is 83.3 cm³/mol. The van der Waals surface area contributed by atoms with Gasteiger partial charge in [-0.1, -0.05) is 24.3 Å². The first-order valence-electron chi connectivity index (χ1n) is 6.91. The largest absolute Gasteiger partial charge is 0.348 e. The van der Waals surface area contributed by atoms with Gasteiger partial charge in [0.1, 0.15) is 0 Å². The van der Waals surface area contributed by atoms with Gasteiger partial charge in [-0.15, -0.1) is 0 Å². The number of rotatable bonds is 5. The molecule has 0 aliphatic carbocycles. The van der Waals surface area contributed by atoms with Crippen LogP contribution in [0.3, 0.4) is 0 Å². The molecule has 0 radical (unpaired) electrons. The molecule has 5 nitrogen and oxygen atoms in total. The molecule has 0 spiro atoms. The number of ketones is 1. The van der Waals surface area contributed by atoms with E-state index in [4.69, 9.17) is 10.5 Å². The number of hydrogen-bond acceptors (Lipinski definition) is 4. The van der Waals surface area contributed by atoms with Crippen LogP contribution in [0.2, 0.25) is 0 Å². The van der Waals surface area contributed by atoms with Crippen molar-refractivity contribution in [2.45, 2.75) is 13.0 Å². The quantitative estimate of drug-likeness (QED) is 0.859. The molecule has 0 fully saturated rings. The number of amides is 1. The van der Waals surface area contributed by atoms with E-state index in [0.717, 1.165) is 5.56 Å². The summed E-state index contributed by atoms with van der Waals surface area (Å²) in [5.74, 6) is -0.542. The number of nitrogens with zero attached hydrogens (tertiary/aromatic N) is 2. The highest BCUT2D eigenvalue weighted by molar-refractivity contribution is 5.99. The molecule has 23 heavy (non-hydrogen) atoms. The number of hydrogen-bond donors (Lipinski definition) is 1. The molecular weight excluding hydrogens is 290 g/mol. The fourth-order valence-corrected chi connectivity index (χ4v) is 2.02. The number of benzene rings is 2. The summed E-state index contributed by atoms with van der Waals surface area (Å²) in [4.78, 5) is 23.6. The molecule has 0 aliphatic heterocycles. The van der Waals surface area contributed by atoms with E-state index in [1.165, 1.54) is 12.1 Å². The van der Waals surface area contributed by atoms with Crippen LogP contribution in [0, 0.1) is 22.7 Å². The zero-order chi connectivity index (χ0) is 16.7. The van der Waals surface area contributed by atoms with E-state index in [0.29, 0.717) is 23.2 Å². The minimum Gasteiger partial charge on any atom is -0.348 e. The third-order valence-corrected chi connectivity index (χ3v) is 3.22. The van der Waals surface area contributed by atoms with Crippen molar-refractivity contribution >= 4 is 11.7 Å². The fraction of sp³-hybridized carbons (Fsp3) is 0.111. The monoisotopic (exact) mass is 303 g/mol. The Balaban J connectivity index is 1.99. The van der Waals surface area contributed by atoms with Gasteiger partial charge in [0.05, 0.1) is 24.1 Å². The van der Waals surface area contributed by atoms with Gasteiger partial charge >= 0.3 is 0 Å². The second-order valence-electron chi connectivity index (χ2n) is 4.83. The molecule has 2 aromatic carbocycles. The summed E-state index contributed by atoms with van der Waals surface area (Å²) in [6, 6.07) is 17.0. The second-order valence-corrected chi connectivity index (χ2v) is 4.83. The summed E-state index contributed by atoms with van der Waals surface area (Å²) in [7, 11) is 0. The van der Waals surface area contributed by atoms with Gasteiger partial charge in [-0.05, 0) is 29.8 Å². The van der Waals surface area contributed by atoms with Crippen LogP contribution in [0.1, 0.15) is 38.3 Å². The SMILES string of the molecule is N#CCC(=O)c1ccc(C(=O)NCc2cccc(C#N)c2)cc1. The number of carbonyl (C=O) groups is 2. The van der Waals surface area contributed by atoms with Gasteiger partial charge < -0.3 is 5.32 Å². The first-order valence-corrected chi connectivity index (χ1v) is 6.91. The highest BCUT2D eigenvalue weighted by atomic mass is 16.1. The molecule has 0 heterocycles. The number of carbonyl (C=O) groups excluding carboxylic acids is 2. The normalized spacial score (nSPS) is 9.48. The molecule has 0 unspecified atom stereocenters. The third-order valence-electron chi connectivity index (χ3n) is 3.22. The topological polar surface area (TPSA) is 93.8 Å². The Morgan fingerprint density at radius 3 is 2.35 bits per heavy atom. The summed E-state index contributed by atoms with van der Waals surface area (Å²) in [6.07, 6.45) is -0.180. The average Bonchev–Trinajstić information content (AvgIpc) is 2.60. The Bertz CT molecular complexity index is 811. The Kier molecular flexibility index (Phi) is 5.22. The van der Waals surface area contributed by atoms with Crippen molar-refractivity contribution < 1.29 is 9.59 Å². The average molecular weight is 303 g/mol. The molecule has 0 bridgehead atoms.